The lowest BCUT2D eigenvalue weighted by molar-refractivity contribution is -0.164. The highest BCUT2D eigenvalue weighted by molar-refractivity contribution is 5.96. The van der Waals surface area contributed by atoms with E-state index in [0.717, 1.165) is 0 Å². The molecule has 0 saturated heterocycles. The van der Waals surface area contributed by atoms with Crippen molar-refractivity contribution >= 4 is 53.5 Å². The Morgan fingerprint density at radius 2 is 1.52 bits per heavy atom. The van der Waals surface area contributed by atoms with Gasteiger partial charge in [-0.3, -0.25) is 33.8 Å². The molecule has 17 heteroatoms. The van der Waals surface area contributed by atoms with E-state index in [1.54, 1.807) is 54.7 Å². The molecule has 0 aliphatic rings. The minimum absolute atomic E-state index is 0.0171. The van der Waals surface area contributed by atoms with E-state index in [4.69, 9.17) is 10.5 Å². The number of hydrogen-bond acceptors (Lipinski definition) is 10. The first-order chi connectivity index (χ1) is 24.7. The van der Waals surface area contributed by atoms with Gasteiger partial charge in [0, 0.05) is 38.1 Å². The zero-order valence-corrected chi connectivity index (χ0v) is 28.6. The second kappa shape index (κ2) is 22.6. The van der Waals surface area contributed by atoms with Crippen LogP contribution < -0.4 is 27.0 Å². The maximum Gasteiger partial charge on any atom is 0.345 e. The van der Waals surface area contributed by atoms with Crippen LogP contribution in [-0.2, 0) is 49.5 Å². The van der Waals surface area contributed by atoms with Gasteiger partial charge < -0.3 is 42.0 Å². The van der Waals surface area contributed by atoms with E-state index < -0.39 is 71.7 Å². The third kappa shape index (κ3) is 17.0. The zero-order valence-electron chi connectivity index (χ0n) is 28.6. The summed E-state index contributed by atoms with van der Waals surface area (Å²) in [6.07, 6.45) is 2.27. The number of aliphatic carboxylic acids is 2. The third-order valence-corrected chi connectivity index (χ3v) is 7.41. The molecule has 0 fully saturated rings. The lowest BCUT2D eigenvalue weighted by Gasteiger charge is -2.19. The van der Waals surface area contributed by atoms with Crippen LogP contribution in [0.2, 0.25) is 0 Å². The van der Waals surface area contributed by atoms with Crippen LogP contribution in [0.15, 0.2) is 60.8 Å². The molecule has 0 spiro atoms. The molecule has 2 aromatic rings. The number of carbonyl (C=O) groups is 8. The number of nitrogens with two attached hydrogens (primary N) is 1. The van der Waals surface area contributed by atoms with Gasteiger partial charge in [0.1, 0.15) is 18.1 Å². The highest BCUT2D eigenvalue weighted by Gasteiger charge is 2.26. The highest BCUT2D eigenvalue weighted by atomic mass is 16.6. The fraction of sp³-hybridized carbons (Fsp3) is 0.400. The summed E-state index contributed by atoms with van der Waals surface area (Å²) in [6.45, 7) is 1.54. The van der Waals surface area contributed by atoms with Crippen molar-refractivity contribution in [2.24, 2.45) is 5.73 Å². The number of benzene rings is 1. The summed E-state index contributed by atoms with van der Waals surface area (Å²) in [5.74, 6) is -6.90. The van der Waals surface area contributed by atoms with Gasteiger partial charge in [-0.15, -0.1) is 0 Å². The Hall–Kier alpha value is -6.13. The zero-order chi connectivity index (χ0) is 38.5. The summed E-state index contributed by atoms with van der Waals surface area (Å²) in [4.78, 5) is 101. The van der Waals surface area contributed by atoms with Crippen molar-refractivity contribution < 1.29 is 53.3 Å². The molecule has 17 nitrogen and oxygen atoms in total. The molecule has 2 rings (SSSR count). The second-order valence-electron chi connectivity index (χ2n) is 11.6. The Labute approximate surface area is 299 Å². The number of hydrogen-bond donors (Lipinski definition) is 7. The minimum Gasteiger partial charge on any atom is -0.480 e. The van der Waals surface area contributed by atoms with Crippen LogP contribution in [0, 0.1) is 0 Å². The SMILES string of the molecule is C[C@H](NC(=O)/C=C/c1ccccn1)C(=O)N[C@H](CCC(=O)N[C@@H](CCCCNC(=O)CCC(=O)O[C@H](Cc1ccccc1)C(=O)O)C(=O)O)C(N)=O. The number of ether oxygens (including phenoxy) is 1. The van der Waals surface area contributed by atoms with Crippen molar-refractivity contribution in [3.63, 3.8) is 0 Å². The third-order valence-electron chi connectivity index (χ3n) is 7.41. The van der Waals surface area contributed by atoms with Crippen LogP contribution in [0.25, 0.3) is 6.08 Å². The number of nitrogens with one attached hydrogen (secondary N) is 4. The molecule has 0 bridgehead atoms. The number of rotatable bonds is 23. The van der Waals surface area contributed by atoms with E-state index in [2.05, 4.69) is 26.3 Å². The van der Waals surface area contributed by atoms with Crippen molar-refractivity contribution in [3.05, 3.63) is 72.1 Å². The molecular weight excluding hydrogens is 680 g/mol. The number of primary amides is 1. The summed E-state index contributed by atoms with van der Waals surface area (Å²) in [5, 5.41) is 28.7. The average Bonchev–Trinajstić information content (AvgIpc) is 3.11. The molecule has 0 aliphatic heterocycles. The number of carboxylic acid groups (broad SMARTS) is 2. The Morgan fingerprint density at radius 3 is 2.15 bits per heavy atom. The quantitative estimate of drug-likeness (QED) is 0.0461. The number of nitrogens with zero attached hydrogens (tertiary/aromatic N) is 1. The smallest absolute Gasteiger partial charge is 0.345 e. The Kier molecular flexibility index (Phi) is 18.2. The van der Waals surface area contributed by atoms with Crippen molar-refractivity contribution in [3.8, 4) is 0 Å². The number of pyridine rings is 1. The first-order valence-electron chi connectivity index (χ1n) is 16.5. The number of aromatic nitrogens is 1. The van der Waals surface area contributed by atoms with Gasteiger partial charge in [-0.1, -0.05) is 36.4 Å². The molecule has 280 valence electrons. The molecule has 5 amide bonds. The molecule has 8 N–H and O–H groups in total. The van der Waals surface area contributed by atoms with Crippen LogP contribution in [0.1, 0.15) is 63.1 Å². The van der Waals surface area contributed by atoms with Gasteiger partial charge in [-0.25, -0.2) is 9.59 Å². The molecular formula is C35H44N6O11. The molecule has 0 aliphatic carbocycles. The van der Waals surface area contributed by atoms with Gasteiger partial charge in [0.25, 0.3) is 0 Å². The van der Waals surface area contributed by atoms with Crippen LogP contribution >= 0.6 is 0 Å². The Morgan fingerprint density at radius 1 is 0.808 bits per heavy atom. The van der Waals surface area contributed by atoms with Crippen LogP contribution in [0.3, 0.4) is 0 Å². The first-order valence-corrected chi connectivity index (χ1v) is 16.5. The van der Waals surface area contributed by atoms with Crippen molar-refractivity contribution in [2.75, 3.05) is 6.54 Å². The fourth-order valence-electron chi connectivity index (χ4n) is 4.57. The van der Waals surface area contributed by atoms with Crippen molar-refractivity contribution in [1.29, 1.82) is 0 Å². The van der Waals surface area contributed by atoms with Crippen molar-refractivity contribution in [2.45, 2.75) is 82.5 Å². The largest absolute Gasteiger partial charge is 0.480 e. The van der Waals surface area contributed by atoms with Crippen LogP contribution in [0.4, 0.5) is 0 Å². The molecule has 1 heterocycles. The lowest BCUT2D eigenvalue weighted by atomic mass is 10.1. The number of amides is 5. The van der Waals surface area contributed by atoms with E-state index in [9.17, 15) is 48.6 Å². The van der Waals surface area contributed by atoms with Gasteiger partial charge in [-0.05, 0) is 56.4 Å². The van der Waals surface area contributed by atoms with Crippen LogP contribution in [-0.4, -0.2) is 93.4 Å². The van der Waals surface area contributed by atoms with Gasteiger partial charge in [0.2, 0.25) is 35.6 Å². The van der Waals surface area contributed by atoms with E-state index >= 15 is 0 Å². The summed E-state index contributed by atoms with van der Waals surface area (Å²) < 4.78 is 5.02. The van der Waals surface area contributed by atoms with E-state index in [1.165, 1.54) is 19.1 Å². The molecule has 52 heavy (non-hydrogen) atoms. The monoisotopic (exact) mass is 724 g/mol. The number of carbonyl (C=O) groups excluding carboxylic acids is 6. The predicted molar refractivity (Wildman–Crippen MR) is 185 cm³/mol. The lowest BCUT2D eigenvalue weighted by Crippen LogP contribution is -2.52. The Balaban J connectivity index is 1.68. The van der Waals surface area contributed by atoms with Gasteiger partial charge in [-0.2, -0.15) is 0 Å². The number of unbranched alkanes of at least 4 members (excludes halogenated alkanes) is 1. The Bertz CT molecular complexity index is 1570. The molecule has 1 aromatic carbocycles. The number of carboxylic acids is 2. The molecule has 4 atom stereocenters. The maximum absolute atomic E-state index is 12.6. The topological polar surface area (TPSA) is 273 Å². The average molecular weight is 725 g/mol. The summed E-state index contributed by atoms with van der Waals surface area (Å²) >= 11 is 0. The predicted octanol–water partition coefficient (Wildman–Crippen LogP) is 0.225. The van der Waals surface area contributed by atoms with E-state index in [-0.39, 0.29) is 45.1 Å². The van der Waals surface area contributed by atoms with Crippen LogP contribution in [0.5, 0.6) is 0 Å². The molecule has 0 unspecified atom stereocenters. The molecule has 0 saturated carbocycles. The summed E-state index contributed by atoms with van der Waals surface area (Å²) in [5.41, 5.74) is 6.58. The second-order valence-corrected chi connectivity index (χ2v) is 11.6. The maximum atomic E-state index is 12.6. The highest BCUT2D eigenvalue weighted by Crippen LogP contribution is 2.09. The van der Waals surface area contributed by atoms with Gasteiger partial charge in [0.15, 0.2) is 0 Å². The standard InChI is InChI=1S/C35H44N6O11/c1-22(39-29(43)15-13-24-11-5-7-19-37-24)33(47)41-25(32(36)46)14-16-30(44)40-26(34(48)49)12-6-8-20-38-28(42)17-18-31(45)52-27(35(50)51)21-23-9-3-2-4-10-23/h2-5,7,9-11,13,15,19,22,25-27H,6,8,12,14,16-18,20-21H2,1H3,(H2,36,46)(H,38,42)(H,39,43)(H,40,44)(H,41,47)(H,48,49)(H,50,51)/b15-13+/t22-,25+,26-,27+/m0/s1. The van der Waals surface area contributed by atoms with Crippen molar-refractivity contribution in [1.82, 2.24) is 26.3 Å². The summed E-state index contributed by atoms with van der Waals surface area (Å²) in [6, 6.07) is 10.2. The first kappa shape index (κ1) is 42.0. The molecule has 0 radical (unpaired) electrons. The molecule has 1 aromatic heterocycles. The fourth-order valence-corrected chi connectivity index (χ4v) is 4.57. The minimum atomic E-state index is -1.40. The normalized spacial score (nSPS) is 13.1. The summed E-state index contributed by atoms with van der Waals surface area (Å²) in [7, 11) is 0. The van der Waals surface area contributed by atoms with E-state index in [1.807, 2.05) is 0 Å². The van der Waals surface area contributed by atoms with E-state index in [0.29, 0.717) is 24.1 Å². The number of esters is 1. The van der Waals surface area contributed by atoms with Gasteiger partial charge in [0.05, 0.1) is 12.1 Å². The van der Waals surface area contributed by atoms with Gasteiger partial charge >= 0.3 is 17.9 Å².